The quantitative estimate of drug-likeness (QED) is 0.659. The molecule has 6 heteroatoms. The predicted molar refractivity (Wildman–Crippen MR) is 80.4 cm³/mol. The summed E-state index contributed by atoms with van der Waals surface area (Å²) >= 11 is 0. The van der Waals surface area contributed by atoms with E-state index in [1.165, 1.54) is 18.2 Å². The second-order valence-electron chi connectivity index (χ2n) is 4.81. The van der Waals surface area contributed by atoms with Gasteiger partial charge in [-0.15, -0.1) is 0 Å². The normalized spacial score (nSPS) is 11.1. The van der Waals surface area contributed by atoms with Crippen molar-refractivity contribution in [1.29, 1.82) is 0 Å². The Balaban J connectivity index is 2.06. The van der Waals surface area contributed by atoms with Crippen molar-refractivity contribution in [1.82, 2.24) is 4.98 Å². The molecule has 3 rings (SSSR count). The Bertz CT molecular complexity index is 825. The number of benzene rings is 2. The van der Waals surface area contributed by atoms with Gasteiger partial charge in [-0.25, -0.2) is 18.6 Å². The first-order valence-electron chi connectivity index (χ1n) is 7.05. The van der Waals surface area contributed by atoms with Crippen molar-refractivity contribution in [2.75, 3.05) is 6.61 Å². The lowest BCUT2D eigenvalue weighted by Crippen LogP contribution is -2.08. The highest BCUT2D eigenvalue weighted by Crippen LogP contribution is 2.30. The lowest BCUT2D eigenvalue weighted by atomic mass is 10.0. The number of fused-ring (bicyclic) bond motifs is 1. The second kappa shape index (κ2) is 6.16. The van der Waals surface area contributed by atoms with Crippen LogP contribution in [0.25, 0.3) is 22.6 Å². The molecule has 0 saturated heterocycles. The number of carbonyl (C=O) groups excluding carboxylic acids is 1. The van der Waals surface area contributed by atoms with E-state index in [1.54, 1.807) is 25.1 Å². The van der Waals surface area contributed by atoms with Crippen LogP contribution in [-0.2, 0) is 4.74 Å². The molecule has 23 heavy (non-hydrogen) atoms. The molecule has 0 saturated carbocycles. The predicted octanol–water partition coefficient (Wildman–Crippen LogP) is 4.61. The third kappa shape index (κ3) is 2.92. The zero-order chi connectivity index (χ0) is 16.4. The number of nitrogens with zero attached hydrogens (tertiary/aromatic N) is 1. The zero-order valence-electron chi connectivity index (χ0n) is 12.3. The van der Waals surface area contributed by atoms with Gasteiger partial charge in [-0.2, -0.15) is 0 Å². The van der Waals surface area contributed by atoms with Gasteiger partial charge in [0.15, 0.2) is 5.58 Å². The molecule has 0 bridgehead atoms. The van der Waals surface area contributed by atoms with Crippen LogP contribution in [0.15, 0.2) is 46.9 Å². The molecule has 0 fully saturated rings. The number of carbonyl (C=O) groups is 1. The molecule has 118 valence electrons. The van der Waals surface area contributed by atoms with Crippen LogP contribution in [0, 0.1) is 0 Å². The van der Waals surface area contributed by atoms with Gasteiger partial charge in [0.1, 0.15) is 5.52 Å². The Morgan fingerprint density at radius 2 is 2.04 bits per heavy atom. The van der Waals surface area contributed by atoms with Gasteiger partial charge in [-0.05, 0) is 37.3 Å². The minimum atomic E-state index is -2.81. The number of aromatic nitrogens is 1. The van der Waals surface area contributed by atoms with Crippen LogP contribution in [0.1, 0.15) is 29.3 Å². The van der Waals surface area contributed by atoms with Gasteiger partial charge in [-0.1, -0.05) is 12.1 Å². The van der Waals surface area contributed by atoms with E-state index in [0.717, 1.165) is 0 Å². The van der Waals surface area contributed by atoms with Crippen molar-refractivity contribution in [2.45, 2.75) is 13.3 Å². The van der Waals surface area contributed by atoms with Crippen LogP contribution in [0.3, 0.4) is 0 Å². The standard InChI is InChI=1S/C17H13F2NO3/c1-2-22-17(21)11-8-7-10(9-12(11)15(18)19)16-20-13-5-3-4-6-14(13)23-16/h3-9,15H,2H2,1H3. The van der Waals surface area contributed by atoms with Crippen molar-refractivity contribution in [3.8, 4) is 11.5 Å². The molecule has 4 nitrogen and oxygen atoms in total. The minimum Gasteiger partial charge on any atom is -0.462 e. The average molecular weight is 317 g/mol. The number of hydrogen-bond acceptors (Lipinski definition) is 4. The number of alkyl halides is 2. The lowest BCUT2D eigenvalue weighted by molar-refractivity contribution is 0.0515. The van der Waals surface area contributed by atoms with Gasteiger partial charge >= 0.3 is 5.97 Å². The molecule has 0 atom stereocenters. The summed E-state index contributed by atoms with van der Waals surface area (Å²) in [6.45, 7) is 1.74. The van der Waals surface area contributed by atoms with Crippen molar-refractivity contribution < 1.29 is 22.7 Å². The van der Waals surface area contributed by atoms with Gasteiger partial charge in [0.2, 0.25) is 5.89 Å². The molecular formula is C17H13F2NO3. The molecule has 0 aliphatic rings. The maximum atomic E-state index is 13.3. The fourth-order valence-electron chi connectivity index (χ4n) is 2.27. The molecule has 2 aromatic carbocycles. The van der Waals surface area contributed by atoms with E-state index in [-0.39, 0.29) is 18.1 Å². The summed E-state index contributed by atoms with van der Waals surface area (Å²) in [4.78, 5) is 16.0. The maximum Gasteiger partial charge on any atom is 0.338 e. The van der Waals surface area contributed by atoms with Crippen LogP contribution in [-0.4, -0.2) is 17.6 Å². The molecule has 3 aromatic rings. The average Bonchev–Trinajstić information content (AvgIpc) is 2.98. The number of ether oxygens (including phenoxy) is 1. The summed E-state index contributed by atoms with van der Waals surface area (Å²) in [5.74, 6) is -0.546. The minimum absolute atomic E-state index is 0.119. The fourth-order valence-corrected chi connectivity index (χ4v) is 2.27. The third-order valence-electron chi connectivity index (χ3n) is 3.32. The Labute approximate surface area is 130 Å². The van der Waals surface area contributed by atoms with Crippen molar-refractivity contribution >= 4 is 17.1 Å². The maximum absolute atomic E-state index is 13.3. The van der Waals surface area contributed by atoms with Gasteiger partial charge in [0.25, 0.3) is 6.43 Å². The molecular weight excluding hydrogens is 304 g/mol. The van der Waals surface area contributed by atoms with Crippen LogP contribution in [0.5, 0.6) is 0 Å². The molecule has 0 aliphatic heterocycles. The summed E-state index contributed by atoms with van der Waals surface area (Å²) < 4.78 is 36.9. The number of para-hydroxylation sites is 2. The summed E-state index contributed by atoms with van der Waals surface area (Å²) in [6.07, 6.45) is -2.81. The number of esters is 1. The van der Waals surface area contributed by atoms with Crippen LogP contribution >= 0.6 is 0 Å². The Hall–Kier alpha value is -2.76. The summed E-state index contributed by atoms with van der Waals surface area (Å²) in [5.41, 5.74) is 1.03. The van der Waals surface area contributed by atoms with E-state index < -0.39 is 18.0 Å². The van der Waals surface area contributed by atoms with Gasteiger partial charge in [-0.3, -0.25) is 0 Å². The van der Waals surface area contributed by atoms with E-state index in [0.29, 0.717) is 16.7 Å². The number of halogens is 2. The molecule has 0 N–H and O–H groups in total. The van der Waals surface area contributed by atoms with E-state index in [9.17, 15) is 13.6 Å². The van der Waals surface area contributed by atoms with E-state index >= 15 is 0 Å². The van der Waals surface area contributed by atoms with Crippen molar-refractivity contribution in [2.24, 2.45) is 0 Å². The molecule has 1 aromatic heterocycles. The summed E-state index contributed by atoms with van der Waals surface area (Å²) in [7, 11) is 0. The first-order valence-corrected chi connectivity index (χ1v) is 7.05. The zero-order valence-corrected chi connectivity index (χ0v) is 12.3. The number of rotatable bonds is 4. The third-order valence-corrected chi connectivity index (χ3v) is 3.32. The first kappa shape index (κ1) is 15.1. The second-order valence-corrected chi connectivity index (χ2v) is 4.81. The molecule has 0 radical (unpaired) electrons. The topological polar surface area (TPSA) is 52.3 Å². The number of hydrogen-bond donors (Lipinski definition) is 0. The Kier molecular flexibility index (Phi) is 4.06. The highest BCUT2D eigenvalue weighted by atomic mass is 19.3. The van der Waals surface area contributed by atoms with Gasteiger partial charge < -0.3 is 9.15 Å². The monoisotopic (exact) mass is 317 g/mol. The summed E-state index contributed by atoms with van der Waals surface area (Å²) in [5, 5.41) is 0. The fraction of sp³-hybridized carbons (Fsp3) is 0.176. The van der Waals surface area contributed by atoms with Crippen LogP contribution in [0.2, 0.25) is 0 Å². The Morgan fingerprint density at radius 3 is 2.74 bits per heavy atom. The Morgan fingerprint density at radius 1 is 1.26 bits per heavy atom. The highest BCUT2D eigenvalue weighted by molar-refractivity contribution is 5.92. The van der Waals surface area contributed by atoms with Gasteiger partial charge in [0.05, 0.1) is 12.2 Å². The van der Waals surface area contributed by atoms with E-state index in [1.807, 2.05) is 6.07 Å². The van der Waals surface area contributed by atoms with E-state index in [4.69, 9.17) is 9.15 Å². The molecule has 0 amide bonds. The SMILES string of the molecule is CCOC(=O)c1ccc(-c2nc3ccccc3o2)cc1C(F)F. The molecule has 0 aliphatic carbocycles. The molecule has 0 spiro atoms. The first-order chi connectivity index (χ1) is 11.1. The molecule has 1 heterocycles. The van der Waals surface area contributed by atoms with Crippen molar-refractivity contribution in [3.05, 3.63) is 53.6 Å². The largest absolute Gasteiger partial charge is 0.462 e. The lowest BCUT2D eigenvalue weighted by Gasteiger charge is -2.09. The van der Waals surface area contributed by atoms with Crippen LogP contribution < -0.4 is 0 Å². The van der Waals surface area contributed by atoms with Gasteiger partial charge in [0, 0.05) is 11.1 Å². The summed E-state index contributed by atoms with van der Waals surface area (Å²) in [6, 6.07) is 11.2. The highest BCUT2D eigenvalue weighted by Gasteiger charge is 2.21. The number of oxazole rings is 1. The van der Waals surface area contributed by atoms with E-state index in [2.05, 4.69) is 4.98 Å². The molecule has 0 unspecified atom stereocenters. The van der Waals surface area contributed by atoms with Crippen molar-refractivity contribution in [3.63, 3.8) is 0 Å². The smallest absolute Gasteiger partial charge is 0.338 e. The van der Waals surface area contributed by atoms with Crippen LogP contribution in [0.4, 0.5) is 8.78 Å².